The van der Waals surface area contributed by atoms with Gasteiger partial charge in [-0.05, 0) is 24.3 Å². The van der Waals surface area contributed by atoms with E-state index in [1.807, 2.05) is 6.07 Å². The molecule has 1 fully saturated rings. The minimum absolute atomic E-state index is 0.0671. The van der Waals surface area contributed by atoms with Gasteiger partial charge in [0.2, 0.25) is 5.91 Å². The lowest BCUT2D eigenvalue weighted by Gasteiger charge is -2.27. The van der Waals surface area contributed by atoms with Crippen LogP contribution in [0.2, 0.25) is 0 Å². The van der Waals surface area contributed by atoms with Crippen molar-refractivity contribution in [2.75, 3.05) is 31.2 Å². The minimum atomic E-state index is -0.398. The maximum Gasteiger partial charge on any atom is 0.220 e. The number of nitrogens with one attached hydrogen (secondary N) is 1. The van der Waals surface area contributed by atoms with Gasteiger partial charge >= 0.3 is 0 Å². The van der Waals surface area contributed by atoms with Crippen molar-refractivity contribution in [2.24, 2.45) is 0 Å². The number of anilines is 1. The average Bonchev–Trinajstić information content (AvgIpc) is 2.72. The van der Waals surface area contributed by atoms with Crippen LogP contribution in [-0.2, 0) is 16.1 Å². The maximum absolute atomic E-state index is 12.9. The number of aromatic nitrogens is 2. The summed E-state index contributed by atoms with van der Waals surface area (Å²) in [6.07, 6.45) is 1.61. The summed E-state index contributed by atoms with van der Waals surface area (Å²) < 4.78 is 18.2. The number of ether oxygens (including phenoxy) is 1. The first kappa shape index (κ1) is 18.9. The number of rotatable bonds is 7. The predicted molar refractivity (Wildman–Crippen MR) is 96.9 cm³/mol. The second kappa shape index (κ2) is 9.18. The normalized spacial score (nSPS) is 14.0. The first-order valence-electron chi connectivity index (χ1n) is 8.81. The second-order valence-corrected chi connectivity index (χ2v) is 6.17. The zero-order valence-electron chi connectivity index (χ0n) is 14.9. The molecule has 1 aliphatic rings. The van der Waals surface area contributed by atoms with Gasteiger partial charge < -0.3 is 15.0 Å². The van der Waals surface area contributed by atoms with Crippen molar-refractivity contribution < 1.29 is 18.7 Å². The number of amides is 1. The first-order chi connectivity index (χ1) is 13.1. The lowest BCUT2D eigenvalue weighted by Crippen LogP contribution is -2.37. The van der Waals surface area contributed by atoms with Gasteiger partial charge in [0.1, 0.15) is 18.0 Å². The van der Waals surface area contributed by atoms with Crippen LogP contribution in [0.15, 0.2) is 36.7 Å². The molecule has 0 unspecified atom stereocenters. The van der Waals surface area contributed by atoms with E-state index in [1.165, 1.54) is 30.6 Å². The molecule has 1 aliphatic heterocycles. The Morgan fingerprint density at radius 3 is 2.59 bits per heavy atom. The molecule has 0 saturated carbocycles. The summed E-state index contributed by atoms with van der Waals surface area (Å²) in [5.41, 5.74) is 1.10. The van der Waals surface area contributed by atoms with Gasteiger partial charge in [-0.3, -0.25) is 9.59 Å². The molecule has 1 N–H and O–H groups in total. The van der Waals surface area contributed by atoms with E-state index in [9.17, 15) is 14.0 Å². The quantitative estimate of drug-likeness (QED) is 0.745. The standard InChI is InChI=1S/C19H21FN4O3/c20-15-3-1-14(2-4-15)17(25)5-6-19(26)21-12-16-11-18(23-13-22-16)24-7-9-27-10-8-24/h1-4,11,13H,5-10,12H2,(H,21,26). The third kappa shape index (κ3) is 5.55. The molecule has 0 radical (unpaired) electrons. The van der Waals surface area contributed by atoms with Crippen LogP contribution in [0, 0.1) is 5.82 Å². The number of morpholine rings is 1. The van der Waals surface area contributed by atoms with Crippen molar-refractivity contribution in [1.82, 2.24) is 15.3 Å². The molecule has 1 aromatic heterocycles. The van der Waals surface area contributed by atoms with Crippen LogP contribution in [0.25, 0.3) is 0 Å². The summed E-state index contributed by atoms with van der Waals surface area (Å²) in [5, 5.41) is 2.76. The lowest BCUT2D eigenvalue weighted by molar-refractivity contribution is -0.121. The van der Waals surface area contributed by atoms with Crippen molar-refractivity contribution in [2.45, 2.75) is 19.4 Å². The molecular formula is C19H21FN4O3. The number of nitrogens with zero attached hydrogens (tertiary/aromatic N) is 3. The van der Waals surface area contributed by atoms with Gasteiger partial charge in [0.05, 0.1) is 25.5 Å². The van der Waals surface area contributed by atoms with Gasteiger partial charge in [-0.2, -0.15) is 0 Å². The molecule has 0 spiro atoms. The van der Waals surface area contributed by atoms with Crippen LogP contribution in [0.5, 0.6) is 0 Å². The Balaban J connectivity index is 1.46. The Bertz CT molecular complexity index is 792. The first-order valence-corrected chi connectivity index (χ1v) is 8.81. The van der Waals surface area contributed by atoms with Crippen LogP contribution in [0.4, 0.5) is 10.2 Å². The van der Waals surface area contributed by atoms with E-state index in [-0.39, 0.29) is 31.1 Å². The Morgan fingerprint density at radius 2 is 1.85 bits per heavy atom. The summed E-state index contributed by atoms with van der Waals surface area (Å²) in [7, 11) is 0. The molecule has 1 amide bonds. The Kier molecular flexibility index (Phi) is 6.43. The summed E-state index contributed by atoms with van der Waals surface area (Å²) >= 11 is 0. The van der Waals surface area contributed by atoms with Gasteiger partial charge in [-0.1, -0.05) is 0 Å². The zero-order valence-corrected chi connectivity index (χ0v) is 14.9. The van der Waals surface area contributed by atoms with Gasteiger partial charge in [-0.15, -0.1) is 0 Å². The summed E-state index contributed by atoms with van der Waals surface area (Å²) in [5.74, 6) is -0.0200. The van der Waals surface area contributed by atoms with Crippen LogP contribution in [0.1, 0.15) is 28.9 Å². The molecule has 27 heavy (non-hydrogen) atoms. The van der Waals surface area contributed by atoms with Gasteiger partial charge in [0.15, 0.2) is 5.78 Å². The molecule has 8 heteroatoms. The molecule has 2 aromatic rings. The number of ketones is 1. The molecule has 0 aliphatic carbocycles. The van der Waals surface area contributed by atoms with E-state index in [0.29, 0.717) is 24.5 Å². The number of carbonyl (C=O) groups excluding carboxylic acids is 2. The summed E-state index contributed by atoms with van der Waals surface area (Å²) in [6.45, 7) is 3.14. The molecule has 7 nitrogen and oxygen atoms in total. The summed E-state index contributed by atoms with van der Waals surface area (Å²) in [4.78, 5) is 34.6. The topological polar surface area (TPSA) is 84.4 Å². The third-order valence-electron chi connectivity index (χ3n) is 4.26. The third-order valence-corrected chi connectivity index (χ3v) is 4.26. The molecule has 3 rings (SSSR count). The fraction of sp³-hybridized carbons (Fsp3) is 0.368. The van der Waals surface area contributed by atoms with Crippen molar-refractivity contribution in [1.29, 1.82) is 0 Å². The average molecular weight is 372 g/mol. The maximum atomic E-state index is 12.9. The highest BCUT2D eigenvalue weighted by atomic mass is 19.1. The Hall–Kier alpha value is -2.87. The van der Waals surface area contributed by atoms with Gasteiger partial charge in [-0.25, -0.2) is 14.4 Å². The van der Waals surface area contributed by atoms with E-state index >= 15 is 0 Å². The van der Waals surface area contributed by atoms with Crippen molar-refractivity contribution in [3.8, 4) is 0 Å². The molecule has 0 atom stereocenters. The highest BCUT2D eigenvalue weighted by Gasteiger charge is 2.14. The molecule has 142 valence electrons. The highest BCUT2D eigenvalue weighted by molar-refractivity contribution is 5.97. The Morgan fingerprint density at radius 1 is 1.11 bits per heavy atom. The zero-order chi connectivity index (χ0) is 19.1. The number of hydrogen-bond acceptors (Lipinski definition) is 6. The fourth-order valence-corrected chi connectivity index (χ4v) is 2.73. The van der Waals surface area contributed by atoms with E-state index in [2.05, 4.69) is 20.2 Å². The monoisotopic (exact) mass is 372 g/mol. The van der Waals surface area contributed by atoms with E-state index in [0.717, 1.165) is 18.9 Å². The van der Waals surface area contributed by atoms with Crippen molar-refractivity contribution >= 4 is 17.5 Å². The summed E-state index contributed by atoms with van der Waals surface area (Å²) in [6, 6.07) is 7.14. The molecule has 2 heterocycles. The number of benzene rings is 1. The Labute approximate surface area is 156 Å². The predicted octanol–water partition coefficient (Wildman–Crippen LogP) is 1.73. The fourth-order valence-electron chi connectivity index (χ4n) is 2.73. The smallest absolute Gasteiger partial charge is 0.220 e. The minimum Gasteiger partial charge on any atom is -0.378 e. The molecule has 0 bridgehead atoms. The lowest BCUT2D eigenvalue weighted by atomic mass is 10.1. The SMILES string of the molecule is O=C(CCC(=O)c1ccc(F)cc1)NCc1cc(N2CCOCC2)ncn1. The van der Waals surface area contributed by atoms with Crippen LogP contribution in [0.3, 0.4) is 0 Å². The molecule has 1 aromatic carbocycles. The number of halogens is 1. The number of hydrogen-bond donors (Lipinski definition) is 1. The van der Waals surface area contributed by atoms with Crippen LogP contribution < -0.4 is 10.2 Å². The largest absolute Gasteiger partial charge is 0.378 e. The number of carbonyl (C=O) groups is 2. The van der Waals surface area contributed by atoms with E-state index in [4.69, 9.17) is 4.74 Å². The van der Waals surface area contributed by atoms with Crippen LogP contribution >= 0.6 is 0 Å². The van der Waals surface area contributed by atoms with Crippen LogP contribution in [-0.4, -0.2) is 48.0 Å². The van der Waals surface area contributed by atoms with Gasteiger partial charge in [0, 0.05) is 37.6 Å². The molecule has 1 saturated heterocycles. The second-order valence-electron chi connectivity index (χ2n) is 6.17. The van der Waals surface area contributed by atoms with Crippen molar-refractivity contribution in [3.05, 3.63) is 53.7 Å². The van der Waals surface area contributed by atoms with E-state index < -0.39 is 5.82 Å². The van der Waals surface area contributed by atoms with E-state index in [1.54, 1.807) is 0 Å². The highest BCUT2D eigenvalue weighted by Crippen LogP contribution is 2.13. The van der Waals surface area contributed by atoms with Gasteiger partial charge in [0.25, 0.3) is 0 Å². The number of Topliss-reactive ketones (excluding diaryl/α,β-unsaturated/α-hetero) is 1. The molecular weight excluding hydrogens is 351 g/mol. The van der Waals surface area contributed by atoms with Crippen molar-refractivity contribution in [3.63, 3.8) is 0 Å².